The van der Waals surface area contributed by atoms with Crippen LogP contribution in [0.1, 0.15) is 46.0 Å². The van der Waals surface area contributed by atoms with Gasteiger partial charge in [-0.3, -0.25) is 0 Å². The first-order valence-electron chi connectivity index (χ1n) is 6.76. The van der Waals surface area contributed by atoms with Crippen molar-refractivity contribution in [3.8, 4) is 0 Å². The minimum atomic E-state index is 0.621. The van der Waals surface area contributed by atoms with Gasteiger partial charge in [-0.2, -0.15) is 0 Å². The SMILES string of the molecule is CC(C)CCCCCCNCCOCCN. The van der Waals surface area contributed by atoms with E-state index in [4.69, 9.17) is 10.5 Å². The highest BCUT2D eigenvalue weighted by Crippen LogP contribution is 2.08. The quantitative estimate of drug-likeness (QED) is 0.505. The van der Waals surface area contributed by atoms with Crippen LogP contribution in [0.4, 0.5) is 0 Å². The van der Waals surface area contributed by atoms with Gasteiger partial charge in [0.05, 0.1) is 13.2 Å². The first-order chi connectivity index (χ1) is 7.77. The number of unbranched alkanes of at least 4 members (excludes halogenated alkanes) is 3. The largest absolute Gasteiger partial charge is 0.379 e. The van der Waals surface area contributed by atoms with Crippen LogP contribution >= 0.6 is 0 Å². The Bertz CT molecular complexity index is 129. The van der Waals surface area contributed by atoms with Crippen LogP contribution in [0.2, 0.25) is 0 Å². The number of hydrogen-bond donors (Lipinski definition) is 2. The molecule has 0 aromatic rings. The smallest absolute Gasteiger partial charge is 0.0591 e. The molecule has 0 aliphatic rings. The van der Waals surface area contributed by atoms with Crippen LogP contribution in [0.5, 0.6) is 0 Å². The third kappa shape index (κ3) is 13.9. The van der Waals surface area contributed by atoms with Crippen molar-refractivity contribution in [2.75, 3.05) is 32.8 Å². The molecule has 0 spiro atoms. The Labute approximate surface area is 101 Å². The van der Waals surface area contributed by atoms with E-state index in [1.807, 2.05) is 0 Å². The van der Waals surface area contributed by atoms with Crippen molar-refractivity contribution in [2.45, 2.75) is 46.0 Å². The molecule has 0 aliphatic heterocycles. The van der Waals surface area contributed by atoms with Crippen molar-refractivity contribution in [1.82, 2.24) is 5.32 Å². The molecule has 0 amide bonds. The summed E-state index contributed by atoms with van der Waals surface area (Å²) in [6.07, 6.45) is 6.78. The van der Waals surface area contributed by atoms with Gasteiger partial charge in [0, 0.05) is 13.1 Å². The van der Waals surface area contributed by atoms with Crippen LogP contribution in [-0.4, -0.2) is 32.8 Å². The van der Waals surface area contributed by atoms with Crippen molar-refractivity contribution in [3.63, 3.8) is 0 Å². The Morgan fingerprint density at radius 1 is 1.00 bits per heavy atom. The van der Waals surface area contributed by atoms with Gasteiger partial charge < -0.3 is 15.8 Å². The predicted molar refractivity (Wildman–Crippen MR) is 70.7 cm³/mol. The monoisotopic (exact) mass is 230 g/mol. The van der Waals surface area contributed by atoms with Crippen molar-refractivity contribution in [1.29, 1.82) is 0 Å². The summed E-state index contributed by atoms with van der Waals surface area (Å²) in [5.74, 6) is 0.859. The first kappa shape index (κ1) is 15.9. The minimum Gasteiger partial charge on any atom is -0.379 e. The van der Waals surface area contributed by atoms with Gasteiger partial charge in [-0.25, -0.2) is 0 Å². The molecule has 3 nitrogen and oxygen atoms in total. The molecule has 16 heavy (non-hydrogen) atoms. The molecule has 98 valence electrons. The second kappa shape index (κ2) is 12.9. The summed E-state index contributed by atoms with van der Waals surface area (Å²) in [7, 11) is 0. The molecule has 0 radical (unpaired) electrons. The van der Waals surface area contributed by atoms with Crippen molar-refractivity contribution in [3.05, 3.63) is 0 Å². The van der Waals surface area contributed by atoms with Gasteiger partial charge in [0.25, 0.3) is 0 Å². The molecule has 3 heteroatoms. The Morgan fingerprint density at radius 3 is 2.44 bits per heavy atom. The third-order valence-electron chi connectivity index (χ3n) is 2.57. The van der Waals surface area contributed by atoms with Gasteiger partial charge in [-0.1, -0.05) is 39.5 Å². The third-order valence-corrected chi connectivity index (χ3v) is 2.57. The zero-order valence-corrected chi connectivity index (χ0v) is 11.1. The average molecular weight is 230 g/mol. The fourth-order valence-electron chi connectivity index (χ4n) is 1.61. The van der Waals surface area contributed by atoms with E-state index in [1.165, 1.54) is 32.1 Å². The topological polar surface area (TPSA) is 47.3 Å². The van der Waals surface area contributed by atoms with Crippen molar-refractivity contribution >= 4 is 0 Å². The van der Waals surface area contributed by atoms with Gasteiger partial charge >= 0.3 is 0 Å². The van der Waals surface area contributed by atoms with Crippen LogP contribution in [0.25, 0.3) is 0 Å². The zero-order chi connectivity index (χ0) is 12.1. The maximum atomic E-state index is 5.31. The fourth-order valence-corrected chi connectivity index (χ4v) is 1.61. The highest BCUT2D eigenvalue weighted by atomic mass is 16.5. The summed E-state index contributed by atoms with van der Waals surface area (Å²) >= 11 is 0. The Balaban J connectivity index is 2.88. The molecular formula is C13H30N2O. The van der Waals surface area contributed by atoms with Crippen LogP contribution in [0.15, 0.2) is 0 Å². The zero-order valence-electron chi connectivity index (χ0n) is 11.1. The second-order valence-electron chi connectivity index (χ2n) is 4.75. The van der Waals surface area contributed by atoms with Gasteiger partial charge in [-0.05, 0) is 18.9 Å². The van der Waals surface area contributed by atoms with Crippen molar-refractivity contribution in [2.24, 2.45) is 11.7 Å². The van der Waals surface area contributed by atoms with Gasteiger partial charge in [-0.15, -0.1) is 0 Å². The number of ether oxygens (including phenoxy) is 1. The lowest BCUT2D eigenvalue weighted by Crippen LogP contribution is -2.22. The first-order valence-corrected chi connectivity index (χ1v) is 6.76. The number of nitrogens with two attached hydrogens (primary N) is 1. The van der Waals surface area contributed by atoms with E-state index >= 15 is 0 Å². The summed E-state index contributed by atoms with van der Waals surface area (Å²) < 4.78 is 5.27. The molecule has 0 atom stereocenters. The normalized spacial score (nSPS) is 11.2. The Morgan fingerprint density at radius 2 is 1.75 bits per heavy atom. The van der Waals surface area contributed by atoms with E-state index in [2.05, 4.69) is 19.2 Å². The molecule has 0 saturated heterocycles. The van der Waals surface area contributed by atoms with E-state index in [0.29, 0.717) is 13.2 Å². The molecule has 0 aromatic carbocycles. The summed E-state index contributed by atoms with van der Waals surface area (Å²) in [5, 5.41) is 3.38. The minimum absolute atomic E-state index is 0.621. The molecule has 0 saturated carbocycles. The van der Waals surface area contributed by atoms with E-state index in [1.54, 1.807) is 0 Å². The molecule has 0 unspecified atom stereocenters. The second-order valence-corrected chi connectivity index (χ2v) is 4.75. The van der Waals surface area contributed by atoms with E-state index in [9.17, 15) is 0 Å². The molecule has 0 heterocycles. The lowest BCUT2D eigenvalue weighted by molar-refractivity contribution is 0.143. The number of hydrogen-bond acceptors (Lipinski definition) is 3. The number of nitrogens with one attached hydrogen (secondary N) is 1. The molecule has 0 fully saturated rings. The molecule has 0 aromatic heterocycles. The maximum absolute atomic E-state index is 5.31. The van der Waals surface area contributed by atoms with Crippen LogP contribution in [-0.2, 0) is 4.74 Å². The summed E-state index contributed by atoms with van der Waals surface area (Å²) in [5.41, 5.74) is 5.31. The van der Waals surface area contributed by atoms with E-state index in [-0.39, 0.29) is 0 Å². The molecular weight excluding hydrogens is 200 g/mol. The highest BCUT2D eigenvalue weighted by molar-refractivity contribution is 4.51. The number of rotatable bonds is 12. The summed E-state index contributed by atoms with van der Waals surface area (Å²) in [4.78, 5) is 0. The Hall–Kier alpha value is -0.120. The van der Waals surface area contributed by atoms with Crippen LogP contribution in [0, 0.1) is 5.92 Å². The van der Waals surface area contributed by atoms with E-state index in [0.717, 1.165) is 25.6 Å². The van der Waals surface area contributed by atoms with Gasteiger partial charge in [0.15, 0.2) is 0 Å². The average Bonchev–Trinajstić information content (AvgIpc) is 2.25. The highest BCUT2D eigenvalue weighted by Gasteiger charge is 1.94. The lowest BCUT2D eigenvalue weighted by Gasteiger charge is -2.06. The molecule has 3 N–H and O–H groups in total. The standard InChI is InChI=1S/C13H30N2O/c1-13(2)7-5-3-4-6-9-15-10-12-16-11-8-14/h13,15H,3-12,14H2,1-2H3. The predicted octanol–water partition coefficient (Wildman–Crippen LogP) is 2.16. The lowest BCUT2D eigenvalue weighted by atomic mass is 10.0. The maximum Gasteiger partial charge on any atom is 0.0591 e. The Kier molecular flexibility index (Phi) is 12.9. The summed E-state index contributed by atoms with van der Waals surface area (Å²) in [6.45, 7) is 8.74. The fraction of sp³-hybridized carbons (Fsp3) is 1.00. The van der Waals surface area contributed by atoms with Crippen LogP contribution < -0.4 is 11.1 Å². The van der Waals surface area contributed by atoms with Gasteiger partial charge in [0.1, 0.15) is 0 Å². The van der Waals surface area contributed by atoms with Crippen LogP contribution in [0.3, 0.4) is 0 Å². The van der Waals surface area contributed by atoms with Gasteiger partial charge in [0.2, 0.25) is 0 Å². The van der Waals surface area contributed by atoms with E-state index < -0.39 is 0 Å². The molecule has 0 rings (SSSR count). The van der Waals surface area contributed by atoms with Crippen molar-refractivity contribution < 1.29 is 4.74 Å². The molecule has 0 bridgehead atoms. The molecule has 0 aliphatic carbocycles. The summed E-state index contributed by atoms with van der Waals surface area (Å²) in [6, 6.07) is 0.